The van der Waals surface area contributed by atoms with Gasteiger partial charge in [-0.15, -0.1) is 0 Å². The Morgan fingerprint density at radius 2 is 1.75 bits per heavy atom. The molecule has 0 radical (unpaired) electrons. The summed E-state index contributed by atoms with van der Waals surface area (Å²) in [5.41, 5.74) is 2.88. The Morgan fingerprint density at radius 3 is 2.45 bits per heavy atom. The van der Waals surface area contributed by atoms with Gasteiger partial charge >= 0.3 is 12.0 Å². The third-order valence-electron chi connectivity index (χ3n) is 11.4. The summed E-state index contributed by atoms with van der Waals surface area (Å²) >= 11 is 13.0. The Bertz CT molecular complexity index is 1950. The van der Waals surface area contributed by atoms with Crippen molar-refractivity contribution in [3.05, 3.63) is 99.7 Å². The molecule has 0 spiro atoms. The third-order valence-corrected chi connectivity index (χ3v) is 12.1. The number of piperidine rings is 1. The molecule has 0 saturated carbocycles. The summed E-state index contributed by atoms with van der Waals surface area (Å²) in [6.45, 7) is 3.68. The van der Waals surface area contributed by atoms with Gasteiger partial charge < -0.3 is 29.9 Å². The molecular weight excluding hydrogens is 717 g/mol. The van der Waals surface area contributed by atoms with Gasteiger partial charge in [-0.05, 0) is 86.5 Å². The molecule has 0 aliphatic carbocycles. The summed E-state index contributed by atoms with van der Waals surface area (Å²) in [5, 5.41) is 24.7. The largest absolute Gasteiger partial charge is 0.496 e. The molecule has 3 aromatic carbocycles. The van der Waals surface area contributed by atoms with E-state index in [0.717, 1.165) is 49.2 Å². The van der Waals surface area contributed by atoms with Gasteiger partial charge in [0.2, 0.25) is 0 Å². The second-order valence-electron chi connectivity index (χ2n) is 14.3. The van der Waals surface area contributed by atoms with E-state index in [-0.39, 0.29) is 17.4 Å². The average molecular weight is 761 g/mol. The summed E-state index contributed by atoms with van der Waals surface area (Å²) in [7, 11) is 1.56. The van der Waals surface area contributed by atoms with Gasteiger partial charge in [0.15, 0.2) is 0 Å². The topological polar surface area (TPSA) is 144 Å². The number of ether oxygens (including phenoxy) is 1. The number of halogens is 2. The zero-order chi connectivity index (χ0) is 37.2. The molecule has 3 N–H and O–H groups in total. The Labute approximate surface area is 318 Å². The minimum Gasteiger partial charge on any atom is -0.496 e. The van der Waals surface area contributed by atoms with Crippen molar-refractivity contribution in [2.75, 3.05) is 46.4 Å². The number of benzene rings is 3. The van der Waals surface area contributed by atoms with Crippen LogP contribution in [-0.2, 0) is 15.7 Å². The Kier molecular flexibility index (Phi) is 10.6. The molecule has 278 valence electrons. The highest BCUT2D eigenvalue weighted by Gasteiger charge is 2.45. The van der Waals surface area contributed by atoms with Crippen LogP contribution in [0.2, 0.25) is 10.0 Å². The summed E-state index contributed by atoms with van der Waals surface area (Å²) in [6, 6.07) is 20.0. The fourth-order valence-electron chi connectivity index (χ4n) is 8.32. The van der Waals surface area contributed by atoms with Crippen LogP contribution < -0.4 is 10.1 Å². The molecule has 2 atom stereocenters. The van der Waals surface area contributed by atoms with Gasteiger partial charge in [0.1, 0.15) is 17.5 Å². The van der Waals surface area contributed by atoms with Gasteiger partial charge in [-0.2, -0.15) is 15.4 Å². The van der Waals surface area contributed by atoms with Crippen LogP contribution in [0.3, 0.4) is 0 Å². The highest BCUT2D eigenvalue weighted by atomic mass is 35.5. The molecule has 3 saturated heterocycles. The number of carboxylic acids is 1. The minimum absolute atomic E-state index is 0.126. The van der Waals surface area contributed by atoms with E-state index in [1.165, 1.54) is 4.90 Å². The molecule has 4 heterocycles. The van der Waals surface area contributed by atoms with Crippen LogP contribution in [0.4, 0.5) is 4.79 Å². The molecule has 2 unspecified atom stereocenters. The average Bonchev–Trinajstić information content (AvgIpc) is 3.98. The van der Waals surface area contributed by atoms with E-state index < -0.39 is 17.6 Å². The molecule has 3 aliphatic heterocycles. The number of carbonyl (C=O) groups is 3. The summed E-state index contributed by atoms with van der Waals surface area (Å²) in [6.07, 6.45) is 5.58. The third kappa shape index (κ3) is 7.45. The number of aliphatic carboxylic acids is 1. The van der Waals surface area contributed by atoms with E-state index in [4.69, 9.17) is 27.9 Å². The number of carbonyl (C=O) groups excluding carboxylic acids is 2. The molecule has 4 aromatic rings. The minimum atomic E-state index is -0.969. The van der Waals surface area contributed by atoms with Crippen molar-refractivity contribution in [1.82, 2.24) is 35.4 Å². The highest BCUT2D eigenvalue weighted by Crippen LogP contribution is 2.42. The van der Waals surface area contributed by atoms with Crippen LogP contribution in [0.15, 0.2) is 72.9 Å². The first-order valence-corrected chi connectivity index (χ1v) is 18.8. The van der Waals surface area contributed by atoms with Crippen LogP contribution >= 0.6 is 23.2 Å². The first-order chi connectivity index (χ1) is 25.6. The highest BCUT2D eigenvalue weighted by molar-refractivity contribution is 6.42. The van der Waals surface area contributed by atoms with Crippen molar-refractivity contribution in [1.29, 1.82) is 0 Å². The van der Waals surface area contributed by atoms with Crippen LogP contribution in [0.25, 0.3) is 11.3 Å². The number of hydrogen-bond donors (Lipinski definition) is 3. The fourth-order valence-corrected chi connectivity index (χ4v) is 8.62. The first-order valence-electron chi connectivity index (χ1n) is 18.0. The molecule has 0 bridgehead atoms. The van der Waals surface area contributed by atoms with Crippen LogP contribution in [-0.4, -0.2) is 106 Å². The van der Waals surface area contributed by atoms with Crippen molar-refractivity contribution in [2.45, 2.75) is 55.5 Å². The molecular formula is C39H43Cl2N7O5. The number of rotatable bonds is 10. The second kappa shape index (κ2) is 15.4. The number of aromatic amines is 1. The molecule has 7 rings (SSSR count). The number of nitrogens with zero attached hydrogens (tertiary/aromatic N) is 5. The molecule has 12 nitrogen and oxygen atoms in total. The monoisotopic (exact) mass is 759 g/mol. The van der Waals surface area contributed by atoms with Gasteiger partial charge in [0.05, 0.1) is 34.5 Å². The van der Waals surface area contributed by atoms with Gasteiger partial charge in [-0.3, -0.25) is 4.79 Å². The molecule has 14 heteroatoms. The first kappa shape index (κ1) is 36.7. The number of aromatic nitrogens is 3. The maximum absolute atomic E-state index is 14.2. The lowest BCUT2D eigenvalue weighted by Crippen LogP contribution is -2.57. The number of urea groups is 1. The summed E-state index contributed by atoms with van der Waals surface area (Å²) < 4.78 is 5.62. The predicted molar refractivity (Wildman–Crippen MR) is 201 cm³/mol. The Morgan fingerprint density at radius 1 is 0.962 bits per heavy atom. The Hall–Kier alpha value is -4.65. The molecule has 53 heavy (non-hydrogen) atoms. The number of nitrogens with one attached hydrogen (secondary N) is 2. The van der Waals surface area contributed by atoms with Gasteiger partial charge in [0, 0.05) is 43.7 Å². The maximum atomic E-state index is 14.2. The van der Waals surface area contributed by atoms with E-state index in [9.17, 15) is 19.5 Å². The normalized spacial score (nSPS) is 21.5. The molecule has 3 aliphatic rings. The fraction of sp³-hybridized carbons (Fsp3) is 0.410. The van der Waals surface area contributed by atoms with E-state index in [1.54, 1.807) is 25.4 Å². The second-order valence-corrected chi connectivity index (χ2v) is 15.1. The lowest BCUT2D eigenvalue weighted by molar-refractivity contribution is -0.141. The quantitative estimate of drug-likeness (QED) is 0.173. The lowest BCUT2D eigenvalue weighted by atomic mass is 9.76. The van der Waals surface area contributed by atoms with E-state index in [0.29, 0.717) is 72.4 Å². The van der Waals surface area contributed by atoms with Gasteiger partial charge in [0.25, 0.3) is 5.91 Å². The Balaban J connectivity index is 1.09. The number of hydrogen-bond acceptors (Lipinski definition) is 7. The smallest absolute Gasteiger partial charge is 0.326 e. The predicted octanol–water partition coefficient (Wildman–Crippen LogP) is 6.21. The zero-order valence-corrected chi connectivity index (χ0v) is 31.1. The molecule has 3 amide bonds. The standard InChI is InChI=1S/C39H43Cl2N7O5/c1-53-34-12-9-26(32-24-42-45-44-32)22-29(34)35(49)47-21-14-38(25-47,28-10-11-30(40)31(41)23-28)13-18-46-19-15-39(16-20-46,27-6-3-2-4-7-27)43-37(52)48-17-5-8-33(48)36(50)51/h2-4,6-7,9-12,22-24,33H,5,8,13-21,25H2,1H3,(H,43,52)(H,50,51)(H,42,44,45). The van der Waals surface area contributed by atoms with Crippen molar-refractivity contribution in [3.8, 4) is 17.0 Å². The molecule has 1 aromatic heterocycles. The summed E-state index contributed by atoms with van der Waals surface area (Å²) in [5.74, 6) is -0.609. The van der Waals surface area contributed by atoms with E-state index in [1.807, 2.05) is 59.5 Å². The summed E-state index contributed by atoms with van der Waals surface area (Å²) in [4.78, 5) is 45.5. The van der Waals surface area contributed by atoms with Gasteiger partial charge in [-0.25, -0.2) is 9.59 Å². The maximum Gasteiger partial charge on any atom is 0.326 e. The van der Waals surface area contributed by atoms with Crippen molar-refractivity contribution >= 4 is 41.1 Å². The molecule has 3 fully saturated rings. The van der Waals surface area contributed by atoms with Crippen molar-refractivity contribution in [2.24, 2.45) is 0 Å². The SMILES string of the molecule is COc1ccc(-c2cn[nH]n2)cc1C(=O)N1CCC(CCN2CCC(NC(=O)N3CCCC3C(=O)O)(c3ccccc3)CC2)(c2ccc(Cl)c(Cl)c2)C1. The number of H-pyrrole nitrogens is 1. The lowest BCUT2D eigenvalue weighted by Gasteiger charge is -2.44. The number of carboxylic acid groups (broad SMARTS) is 1. The van der Waals surface area contributed by atoms with E-state index in [2.05, 4.69) is 25.6 Å². The van der Waals surface area contributed by atoms with Crippen molar-refractivity contribution < 1.29 is 24.2 Å². The van der Waals surface area contributed by atoms with Crippen LogP contribution in [0.1, 0.15) is 60.0 Å². The number of likely N-dealkylation sites (tertiary alicyclic amines) is 3. The van der Waals surface area contributed by atoms with Crippen molar-refractivity contribution in [3.63, 3.8) is 0 Å². The van der Waals surface area contributed by atoms with Gasteiger partial charge in [-0.1, -0.05) is 59.6 Å². The van der Waals surface area contributed by atoms with E-state index >= 15 is 0 Å². The van der Waals surface area contributed by atoms with Crippen LogP contribution in [0, 0.1) is 0 Å². The zero-order valence-electron chi connectivity index (χ0n) is 29.6. The number of methoxy groups -OCH3 is 1. The van der Waals surface area contributed by atoms with Crippen LogP contribution in [0.5, 0.6) is 5.75 Å². The number of amides is 3.